The topological polar surface area (TPSA) is 70.2 Å². The number of fused-ring (bicyclic) bond motifs is 1. The van der Waals surface area contributed by atoms with Crippen molar-refractivity contribution in [2.24, 2.45) is 0 Å². The molecule has 0 saturated carbocycles. The number of benzene rings is 1. The van der Waals surface area contributed by atoms with Gasteiger partial charge in [-0.25, -0.2) is 0 Å². The zero-order valence-electron chi connectivity index (χ0n) is 7.75. The number of H-pyrrole nitrogens is 1. The average Bonchev–Trinajstić information content (AvgIpc) is 2.30. The van der Waals surface area contributed by atoms with E-state index in [2.05, 4.69) is 4.98 Å². The molecule has 0 bridgehead atoms. The van der Waals surface area contributed by atoms with E-state index in [0.717, 1.165) is 6.07 Å². The molecular formula is C10H5Cl2NO3. The third-order valence-electron chi connectivity index (χ3n) is 2.08. The Balaban J connectivity index is 3.10. The molecule has 0 spiro atoms. The first-order valence-electron chi connectivity index (χ1n) is 4.24. The Morgan fingerprint density at radius 3 is 2.38 bits per heavy atom. The van der Waals surface area contributed by atoms with Crippen molar-refractivity contribution < 1.29 is 5.11 Å². The van der Waals surface area contributed by atoms with E-state index in [1.54, 1.807) is 0 Å². The second-order valence-corrected chi connectivity index (χ2v) is 3.97. The van der Waals surface area contributed by atoms with Gasteiger partial charge in [0, 0.05) is 11.5 Å². The number of rotatable bonds is 0. The molecule has 0 fully saturated rings. The second-order valence-electron chi connectivity index (χ2n) is 3.16. The van der Waals surface area contributed by atoms with E-state index in [4.69, 9.17) is 23.2 Å². The van der Waals surface area contributed by atoms with Crippen LogP contribution in [0.25, 0.3) is 10.9 Å². The molecule has 4 nitrogen and oxygen atoms in total. The molecule has 1 heterocycles. The van der Waals surface area contributed by atoms with E-state index in [1.165, 1.54) is 12.1 Å². The van der Waals surface area contributed by atoms with Crippen molar-refractivity contribution in [1.29, 1.82) is 0 Å². The highest BCUT2D eigenvalue weighted by Gasteiger charge is 2.06. The Morgan fingerprint density at radius 1 is 1.06 bits per heavy atom. The monoisotopic (exact) mass is 257 g/mol. The highest BCUT2D eigenvalue weighted by molar-refractivity contribution is 6.42. The van der Waals surface area contributed by atoms with Gasteiger partial charge in [-0.2, -0.15) is 0 Å². The van der Waals surface area contributed by atoms with Gasteiger partial charge in [-0.05, 0) is 12.1 Å². The first kappa shape index (κ1) is 11.0. The zero-order valence-corrected chi connectivity index (χ0v) is 9.26. The van der Waals surface area contributed by atoms with Crippen LogP contribution >= 0.6 is 23.2 Å². The predicted molar refractivity (Wildman–Crippen MR) is 62.5 cm³/mol. The zero-order chi connectivity index (χ0) is 11.9. The number of aromatic nitrogens is 1. The summed E-state index contributed by atoms with van der Waals surface area (Å²) in [5.41, 5.74) is -1.41. The van der Waals surface area contributed by atoms with Crippen molar-refractivity contribution in [3.05, 3.63) is 48.8 Å². The Bertz CT molecular complexity index is 694. The SMILES string of the molecule is O=c1cc(O)c2cc(Cl)c(Cl)cc2[nH]c1=O. The molecule has 82 valence electrons. The quantitative estimate of drug-likeness (QED) is 0.709. The summed E-state index contributed by atoms with van der Waals surface area (Å²) in [7, 11) is 0. The molecule has 6 heteroatoms. The van der Waals surface area contributed by atoms with Gasteiger partial charge in [0.05, 0.1) is 15.6 Å². The molecule has 1 aromatic carbocycles. The standard InChI is InChI=1S/C10H5Cl2NO3/c11-5-1-4-7(2-6(5)12)13-10(16)9(15)3-8(4)14/h1-3,14H,(H,13,15,16). The summed E-state index contributed by atoms with van der Waals surface area (Å²) in [5.74, 6) is -0.322. The number of aromatic hydroxyl groups is 1. The summed E-state index contributed by atoms with van der Waals surface area (Å²) >= 11 is 11.5. The molecule has 1 aromatic heterocycles. The van der Waals surface area contributed by atoms with Gasteiger partial charge in [0.15, 0.2) is 0 Å². The number of nitrogens with one attached hydrogen (secondary N) is 1. The fourth-order valence-electron chi connectivity index (χ4n) is 1.31. The maximum absolute atomic E-state index is 11.2. The van der Waals surface area contributed by atoms with Crippen molar-refractivity contribution in [2.45, 2.75) is 0 Å². The van der Waals surface area contributed by atoms with Gasteiger partial charge < -0.3 is 10.1 Å². The molecule has 0 aliphatic heterocycles. The lowest BCUT2D eigenvalue weighted by molar-refractivity contribution is 0.481. The Morgan fingerprint density at radius 2 is 1.69 bits per heavy atom. The maximum Gasteiger partial charge on any atom is 0.296 e. The van der Waals surface area contributed by atoms with Crippen molar-refractivity contribution in [1.82, 2.24) is 4.98 Å². The smallest absolute Gasteiger partial charge is 0.296 e. The highest BCUT2D eigenvalue weighted by atomic mass is 35.5. The summed E-state index contributed by atoms with van der Waals surface area (Å²) in [4.78, 5) is 24.7. The van der Waals surface area contributed by atoms with Crippen LogP contribution in [0.4, 0.5) is 0 Å². The lowest BCUT2D eigenvalue weighted by atomic mass is 10.2. The van der Waals surface area contributed by atoms with E-state index in [0.29, 0.717) is 0 Å². The maximum atomic E-state index is 11.2. The van der Waals surface area contributed by atoms with Crippen molar-refractivity contribution in [3.63, 3.8) is 0 Å². The van der Waals surface area contributed by atoms with E-state index in [-0.39, 0.29) is 26.7 Å². The summed E-state index contributed by atoms with van der Waals surface area (Å²) in [5, 5.41) is 10.3. The Kier molecular flexibility index (Phi) is 2.61. The first-order valence-corrected chi connectivity index (χ1v) is 5.00. The normalized spacial score (nSPS) is 10.6. The average molecular weight is 258 g/mol. The number of hydrogen-bond donors (Lipinski definition) is 2. The number of aromatic amines is 1. The highest BCUT2D eigenvalue weighted by Crippen LogP contribution is 2.29. The summed E-state index contributed by atoms with van der Waals surface area (Å²) in [6.45, 7) is 0. The van der Waals surface area contributed by atoms with Gasteiger partial charge in [0.2, 0.25) is 5.43 Å². The third-order valence-corrected chi connectivity index (χ3v) is 2.80. The molecule has 2 rings (SSSR count). The van der Waals surface area contributed by atoms with E-state index >= 15 is 0 Å². The van der Waals surface area contributed by atoms with Crippen LogP contribution in [-0.4, -0.2) is 10.1 Å². The van der Waals surface area contributed by atoms with E-state index in [1.807, 2.05) is 0 Å². The summed E-state index contributed by atoms with van der Waals surface area (Å²) in [6.07, 6.45) is 0. The molecule has 0 unspecified atom stereocenters. The molecule has 0 amide bonds. The number of hydrogen-bond acceptors (Lipinski definition) is 3. The molecule has 0 aliphatic carbocycles. The fraction of sp³-hybridized carbons (Fsp3) is 0. The van der Waals surface area contributed by atoms with Crippen LogP contribution in [0.3, 0.4) is 0 Å². The van der Waals surface area contributed by atoms with Gasteiger partial charge in [-0.1, -0.05) is 23.2 Å². The van der Waals surface area contributed by atoms with Gasteiger partial charge in [-0.3, -0.25) is 9.59 Å². The van der Waals surface area contributed by atoms with Gasteiger partial charge in [-0.15, -0.1) is 0 Å². The first-order chi connectivity index (χ1) is 7.49. The minimum atomic E-state index is -0.832. The lowest BCUT2D eigenvalue weighted by Crippen LogP contribution is -2.22. The molecule has 2 N–H and O–H groups in total. The van der Waals surface area contributed by atoms with Crippen molar-refractivity contribution >= 4 is 34.1 Å². The predicted octanol–water partition coefficient (Wildman–Crippen LogP) is 1.90. The minimum Gasteiger partial charge on any atom is -0.507 e. The molecule has 0 atom stereocenters. The van der Waals surface area contributed by atoms with Gasteiger partial charge >= 0.3 is 0 Å². The van der Waals surface area contributed by atoms with Crippen LogP contribution in [0.15, 0.2) is 27.8 Å². The molecule has 16 heavy (non-hydrogen) atoms. The van der Waals surface area contributed by atoms with Crippen LogP contribution < -0.4 is 11.0 Å². The molecule has 0 radical (unpaired) electrons. The van der Waals surface area contributed by atoms with Gasteiger partial charge in [0.1, 0.15) is 5.75 Å². The summed E-state index contributed by atoms with van der Waals surface area (Å²) in [6, 6.07) is 3.59. The lowest BCUT2D eigenvalue weighted by Gasteiger charge is -1.98. The Labute approximate surface area is 99.1 Å². The van der Waals surface area contributed by atoms with E-state index in [9.17, 15) is 14.7 Å². The van der Waals surface area contributed by atoms with Gasteiger partial charge in [0.25, 0.3) is 5.56 Å². The second kappa shape index (κ2) is 3.81. The minimum absolute atomic E-state index is 0.225. The molecular weight excluding hydrogens is 253 g/mol. The molecule has 0 saturated heterocycles. The summed E-state index contributed by atoms with van der Waals surface area (Å²) < 4.78 is 0. The van der Waals surface area contributed by atoms with Crippen LogP contribution in [0.2, 0.25) is 10.0 Å². The molecule has 2 aromatic rings. The van der Waals surface area contributed by atoms with Crippen molar-refractivity contribution in [2.75, 3.05) is 0 Å². The fourth-order valence-corrected chi connectivity index (χ4v) is 1.64. The largest absolute Gasteiger partial charge is 0.507 e. The van der Waals surface area contributed by atoms with Crippen molar-refractivity contribution in [3.8, 4) is 5.75 Å². The van der Waals surface area contributed by atoms with Crippen LogP contribution in [0, 0.1) is 0 Å². The van der Waals surface area contributed by atoms with Crippen LogP contribution in [0.5, 0.6) is 5.75 Å². The number of halogens is 2. The Hall–Kier alpha value is -1.52. The van der Waals surface area contributed by atoms with Crippen LogP contribution in [-0.2, 0) is 0 Å². The van der Waals surface area contributed by atoms with Crippen LogP contribution in [0.1, 0.15) is 0 Å². The van der Waals surface area contributed by atoms with E-state index < -0.39 is 11.0 Å². The third kappa shape index (κ3) is 1.77. The molecule has 0 aliphatic rings.